The molecular formula is C23H30N6O3. The van der Waals surface area contributed by atoms with Crippen molar-refractivity contribution in [1.29, 1.82) is 0 Å². The Labute approximate surface area is 188 Å². The Morgan fingerprint density at radius 3 is 2.38 bits per heavy atom. The minimum atomic E-state index is -0.267. The SMILES string of the molecule is O=C(Nc1ncccn1)N1CCN(C(=O)c2ccc(OCCC3CCCCC3)cn2)CC1. The van der Waals surface area contributed by atoms with Gasteiger partial charge in [-0.05, 0) is 30.5 Å². The van der Waals surface area contributed by atoms with Crippen LogP contribution < -0.4 is 10.1 Å². The summed E-state index contributed by atoms with van der Waals surface area (Å²) in [5, 5.41) is 2.67. The van der Waals surface area contributed by atoms with Gasteiger partial charge in [0.05, 0.1) is 12.8 Å². The van der Waals surface area contributed by atoms with Crippen molar-refractivity contribution in [3.63, 3.8) is 0 Å². The van der Waals surface area contributed by atoms with Crippen molar-refractivity contribution in [1.82, 2.24) is 24.8 Å². The Balaban J connectivity index is 1.21. The van der Waals surface area contributed by atoms with Crippen molar-refractivity contribution in [2.45, 2.75) is 38.5 Å². The Kier molecular flexibility index (Phi) is 7.47. The molecular weight excluding hydrogens is 408 g/mol. The molecule has 3 amide bonds. The van der Waals surface area contributed by atoms with Gasteiger partial charge in [0.1, 0.15) is 11.4 Å². The number of urea groups is 1. The molecule has 32 heavy (non-hydrogen) atoms. The van der Waals surface area contributed by atoms with Crippen molar-refractivity contribution in [2.75, 3.05) is 38.1 Å². The lowest BCUT2D eigenvalue weighted by atomic mass is 9.87. The van der Waals surface area contributed by atoms with Gasteiger partial charge in [0.2, 0.25) is 5.95 Å². The molecule has 9 heteroatoms. The molecule has 2 fully saturated rings. The molecule has 2 aromatic rings. The van der Waals surface area contributed by atoms with Crippen LogP contribution in [0.1, 0.15) is 49.0 Å². The number of carbonyl (C=O) groups excluding carboxylic acids is 2. The summed E-state index contributed by atoms with van der Waals surface area (Å²) < 4.78 is 5.83. The molecule has 1 saturated carbocycles. The Morgan fingerprint density at radius 1 is 0.969 bits per heavy atom. The second kappa shape index (κ2) is 10.9. The van der Waals surface area contributed by atoms with E-state index in [9.17, 15) is 9.59 Å². The van der Waals surface area contributed by atoms with Crippen LogP contribution in [0.25, 0.3) is 0 Å². The maximum atomic E-state index is 12.8. The third-order valence-electron chi connectivity index (χ3n) is 6.11. The number of ether oxygens (including phenoxy) is 1. The first-order chi connectivity index (χ1) is 15.7. The van der Waals surface area contributed by atoms with Gasteiger partial charge >= 0.3 is 6.03 Å². The fraction of sp³-hybridized carbons (Fsp3) is 0.522. The van der Waals surface area contributed by atoms with Crippen LogP contribution in [0, 0.1) is 5.92 Å². The fourth-order valence-corrected chi connectivity index (χ4v) is 4.22. The lowest BCUT2D eigenvalue weighted by Crippen LogP contribution is -2.51. The summed E-state index contributed by atoms with van der Waals surface area (Å²) in [6, 6.07) is 4.94. The number of amides is 3. The molecule has 1 aliphatic carbocycles. The molecule has 0 atom stereocenters. The molecule has 0 aromatic carbocycles. The van der Waals surface area contributed by atoms with Crippen molar-refractivity contribution >= 4 is 17.9 Å². The smallest absolute Gasteiger partial charge is 0.324 e. The molecule has 1 saturated heterocycles. The van der Waals surface area contributed by atoms with E-state index in [-0.39, 0.29) is 17.9 Å². The lowest BCUT2D eigenvalue weighted by Gasteiger charge is -2.34. The van der Waals surface area contributed by atoms with Crippen molar-refractivity contribution < 1.29 is 14.3 Å². The van der Waals surface area contributed by atoms with E-state index in [1.807, 2.05) is 6.07 Å². The van der Waals surface area contributed by atoms with E-state index in [2.05, 4.69) is 20.3 Å². The van der Waals surface area contributed by atoms with Crippen LogP contribution in [0.5, 0.6) is 5.75 Å². The topological polar surface area (TPSA) is 101 Å². The number of carbonyl (C=O) groups is 2. The largest absolute Gasteiger partial charge is 0.492 e. The highest BCUT2D eigenvalue weighted by Gasteiger charge is 2.26. The van der Waals surface area contributed by atoms with Crippen LogP contribution in [0.4, 0.5) is 10.7 Å². The number of nitrogens with one attached hydrogen (secondary N) is 1. The van der Waals surface area contributed by atoms with E-state index in [1.54, 1.807) is 40.5 Å². The highest BCUT2D eigenvalue weighted by atomic mass is 16.5. The molecule has 0 bridgehead atoms. The summed E-state index contributed by atoms with van der Waals surface area (Å²) in [5.41, 5.74) is 0.389. The van der Waals surface area contributed by atoms with Gasteiger partial charge in [-0.15, -0.1) is 0 Å². The van der Waals surface area contributed by atoms with E-state index < -0.39 is 0 Å². The zero-order chi connectivity index (χ0) is 22.2. The second-order valence-corrected chi connectivity index (χ2v) is 8.30. The van der Waals surface area contributed by atoms with E-state index in [0.717, 1.165) is 12.3 Å². The third-order valence-corrected chi connectivity index (χ3v) is 6.11. The number of rotatable bonds is 6. The van der Waals surface area contributed by atoms with E-state index >= 15 is 0 Å². The van der Waals surface area contributed by atoms with E-state index in [1.165, 1.54) is 32.1 Å². The predicted octanol–water partition coefficient (Wildman–Crippen LogP) is 3.21. The average molecular weight is 439 g/mol. The van der Waals surface area contributed by atoms with Crippen LogP contribution in [-0.4, -0.2) is 69.5 Å². The third kappa shape index (κ3) is 5.93. The predicted molar refractivity (Wildman–Crippen MR) is 119 cm³/mol. The number of hydrogen-bond acceptors (Lipinski definition) is 6. The number of aromatic nitrogens is 3. The first-order valence-corrected chi connectivity index (χ1v) is 11.4. The van der Waals surface area contributed by atoms with Gasteiger partial charge in [-0.2, -0.15) is 0 Å². The standard InChI is InChI=1S/C23H30N6O3/c30-21(20-8-7-19(17-26-20)32-16-9-18-5-2-1-3-6-18)28-12-14-29(15-13-28)23(31)27-22-24-10-4-11-25-22/h4,7-8,10-11,17-18H,1-3,5-6,9,12-16H2,(H,24,25,27,31). The molecule has 1 aliphatic heterocycles. The summed E-state index contributed by atoms with van der Waals surface area (Å²) in [6.07, 6.45) is 12.5. The summed E-state index contributed by atoms with van der Waals surface area (Å²) >= 11 is 0. The minimum absolute atomic E-state index is 0.134. The zero-order valence-corrected chi connectivity index (χ0v) is 18.3. The van der Waals surface area contributed by atoms with Gasteiger partial charge in [-0.25, -0.2) is 19.7 Å². The van der Waals surface area contributed by atoms with Crippen molar-refractivity contribution in [3.8, 4) is 5.75 Å². The van der Waals surface area contributed by atoms with E-state index in [0.29, 0.717) is 44.2 Å². The molecule has 1 N–H and O–H groups in total. The lowest BCUT2D eigenvalue weighted by molar-refractivity contribution is 0.0665. The van der Waals surface area contributed by atoms with Crippen molar-refractivity contribution in [2.24, 2.45) is 5.92 Å². The number of pyridine rings is 1. The van der Waals surface area contributed by atoms with Crippen LogP contribution in [0.3, 0.4) is 0 Å². The van der Waals surface area contributed by atoms with Crippen molar-refractivity contribution in [3.05, 3.63) is 42.5 Å². The van der Waals surface area contributed by atoms with E-state index in [4.69, 9.17) is 4.74 Å². The second-order valence-electron chi connectivity index (χ2n) is 8.30. The minimum Gasteiger partial charge on any atom is -0.492 e. The normalized spacial score (nSPS) is 17.1. The molecule has 2 aromatic heterocycles. The van der Waals surface area contributed by atoms with Gasteiger partial charge in [-0.3, -0.25) is 10.1 Å². The summed E-state index contributed by atoms with van der Waals surface area (Å²) in [5.74, 6) is 1.60. The quantitative estimate of drug-likeness (QED) is 0.743. The first kappa shape index (κ1) is 22.0. The maximum absolute atomic E-state index is 12.8. The summed E-state index contributed by atoms with van der Waals surface area (Å²) in [6.45, 7) is 2.46. The summed E-state index contributed by atoms with van der Waals surface area (Å²) in [4.78, 5) is 40.8. The molecule has 4 rings (SSSR count). The Bertz CT molecular complexity index is 878. The van der Waals surface area contributed by atoms with Gasteiger partial charge in [0.15, 0.2) is 0 Å². The number of nitrogens with zero attached hydrogens (tertiary/aromatic N) is 5. The average Bonchev–Trinajstić information content (AvgIpc) is 2.85. The Hall–Kier alpha value is -3.23. The molecule has 0 radical (unpaired) electrons. The van der Waals surface area contributed by atoms with Gasteiger partial charge in [-0.1, -0.05) is 32.1 Å². The van der Waals surface area contributed by atoms with Crippen LogP contribution >= 0.6 is 0 Å². The maximum Gasteiger partial charge on any atom is 0.324 e. The number of hydrogen-bond donors (Lipinski definition) is 1. The van der Waals surface area contributed by atoms with Gasteiger partial charge in [0, 0.05) is 38.6 Å². The molecule has 0 unspecified atom stereocenters. The number of anilines is 1. The number of piperazine rings is 1. The van der Waals surface area contributed by atoms with Crippen LogP contribution in [0.2, 0.25) is 0 Å². The fourth-order valence-electron chi connectivity index (χ4n) is 4.22. The van der Waals surface area contributed by atoms with Crippen LogP contribution in [0.15, 0.2) is 36.8 Å². The highest BCUT2D eigenvalue weighted by molar-refractivity contribution is 5.93. The molecule has 170 valence electrons. The summed E-state index contributed by atoms with van der Waals surface area (Å²) in [7, 11) is 0. The molecule has 2 aliphatic rings. The molecule has 3 heterocycles. The van der Waals surface area contributed by atoms with Crippen LogP contribution in [-0.2, 0) is 0 Å². The highest BCUT2D eigenvalue weighted by Crippen LogP contribution is 2.26. The van der Waals surface area contributed by atoms with Gasteiger partial charge < -0.3 is 14.5 Å². The molecule has 9 nitrogen and oxygen atoms in total. The Morgan fingerprint density at radius 2 is 1.69 bits per heavy atom. The molecule has 0 spiro atoms. The monoisotopic (exact) mass is 438 g/mol. The zero-order valence-electron chi connectivity index (χ0n) is 18.3. The van der Waals surface area contributed by atoms with Gasteiger partial charge in [0.25, 0.3) is 5.91 Å². The first-order valence-electron chi connectivity index (χ1n) is 11.4.